The molecule has 2 rings (SSSR count). The molecule has 6 heteroatoms. The van der Waals surface area contributed by atoms with E-state index in [0.717, 1.165) is 5.56 Å². The standard InChI is InChI=1S/C20H24FN3O2/c1-14(2)24(13-19(25)23-17-10-8-16(21)9-11-17)20(26)12-7-15-5-3-4-6-18(15)22/h3-6,8-11,14H,7,12-13,22H2,1-2H3,(H,23,25). The molecule has 0 fully saturated rings. The first kappa shape index (κ1) is 19.4. The van der Waals surface area contributed by atoms with Crippen LogP contribution in [0.2, 0.25) is 0 Å². The smallest absolute Gasteiger partial charge is 0.244 e. The summed E-state index contributed by atoms with van der Waals surface area (Å²) < 4.78 is 12.9. The summed E-state index contributed by atoms with van der Waals surface area (Å²) in [6, 6.07) is 12.8. The number of aryl methyl sites for hydroxylation is 1. The molecule has 0 saturated carbocycles. The van der Waals surface area contributed by atoms with Gasteiger partial charge in [-0.2, -0.15) is 0 Å². The normalized spacial score (nSPS) is 10.6. The van der Waals surface area contributed by atoms with E-state index in [9.17, 15) is 14.0 Å². The van der Waals surface area contributed by atoms with Gasteiger partial charge >= 0.3 is 0 Å². The third kappa shape index (κ3) is 5.58. The van der Waals surface area contributed by atoms with Gasteiger partial charge in [0, 0.05) is 23.8 Å². The van der Waals surface area contributed by atoms with Gasteiger partial charge in [0.15, 0.2) is 0 Å². The van der Waals surface area contributed by atoms with Crippen molar-refractivity contribution in [1.29, 1.82) is 0 Å². The summed E-state index contributed by atoms with van der Waals surface area (Å²) in [5, 5.41) is 2.67. The summed E-state index contributed by atoms with van der Waals surface area (Å²) in [6.07, 6.45) is 0.796. The Morgan fingerprint density at radius 2 is 1.77 bits per heavy atom. The molecule has 0 radical (unpaired) electrons. The van der Waals surface area contributed by atoms with E-state index in [-0.39, 0.29) is 36.6 Å². The molecule has 138 valence electrons. The Bertz CT molecular complexity index is 760. The average molecular weight is 357 g/mol. The second kappa shape index (κ2) is 8.99. The topological polar surface area (TPSA) is 75.4 Å². The first-order valence-corrected chi connectivity index (χ1v) is 8.55. The molecule has 2 aromatic carbocycles. The first-order chi connectivity index (χ1) is 12.4. The van der Waals surface area contributed by atoms with Crippen molar-refractivity contribution in [2.24, 2.45) is 0 Å². The zero-order valence-corrected chi connectivity index (χ0v) is 15.0. The number of carbonyl (C=O) groups excluding carboxylic acids is 2. The Kier molecular flexibility index (Phi) is 6.72. The Morgan fingerprint density at radius 1 is 1.12 bits per heavy atom. The van der Waals surface area contributed by atoms with Gasteiger partial charge in [0.2, 0.25) is 11.8 Å². The lowest BCUT2D eigenvalue weighted by atomic mass is 10.1. The van der Waals surface area contributed by atoms with Crippen LogP contribution < -0.4 is 11.1 Å². The highest BCUT2D eigenvalue weighted by molar-refractivity contribution is 5.94. The van der Waals surface area contributed by atoms with Crippen LogP contribution in [-0.4, -0.2) is 29.3 Å². The average Bonchev–Trinajstić information content (AvgIpc) is 2.60. The summed E-state index contributed by atoms with van der Waals surface area (Å²) >= 11 is 0. The highest BCUT2D eigenvalue weighted by Crippen LogP contribution is 2.14. The summed E-state index contributed by atoms with van der Waals surface area (Å²) in [4.78, 5) is 26.3. The predicted octanol–water partition coefficient (Wildman–Crippen LogP) is 3.22. The van der Waals surface area contributed by atoms with Crippen LogP contribution in [-0.2, 0) is 16.0 Å². The maximum Gasteiger partial charge on any atom is 0.244 e. The number of hydrogen-bond acceptors (Lipinski definition) is 3. The SMILES string of the molecule is CC(C)N(CC(=O)Nc1ccc(F)cc1)C(=O)CCc1ccccc1N. The van der Waals surface area contributed by atoms with Crippen molar-refractivity contribution in [2.75, 3.05) is 17.6 Å². The fourth-order valence-corrected chi connectivity index (χ4v) is 2.59. The molecule has 2 aromatic rings. The van der Waals surface area contributed by atoms with E-state index in [4.69, 9.17) is 5.73 Å². The van der Waals surface area contributed by atoms with Crippen molar-refractivity contribution in [3.05, 3.63) is 59.9 Å². The van der Waals surface area contributed by atoms with Crippen molar-refractivity contribution in [3.63, 3.8) is 0 Å². The van der Waals surface area contributed by atoms with Gasteiger partial charge in [-0.1, -0.05) is 18.2 Å². The molecule has 0 aliphatic rings. The highest BCUT2D eigenvalue weighted by Gasteiger charge is 2.20. The molecule has 0 atom stereocenters. The number of nitrogens with zero attached hydrogens (tertiary/aromatic N) is 1. The summed E-state index contributed by atoms with van der Waals surface area (Å²) in [6.45, 7) is 3.66. The van der Waals surface area contributed by atoms with Crippen molar-refractivity contribution in [3.8, 4) is 0 Å². The molecule has 3 N–H and O–H groups in total. The molecule has 0 aliphatic heterocycles. The minimum absolute atomic E-state index is 0.0574. The van der Waals surface area contributed by atoms with Crippen LogP contribution in [0.3, 0.4) is 0 Å². The van der Waals surface area contributed by atoms with Crippen LogP contribution >= 0.6 is 0 Å². The molecule has 0 spiro atoms. The molecule has 0 unspecified atom stereocenters. The number of hydrogen-bond donors (Lipinski definition) is 2. The summed E-state index contributed by atoms with van der Waals surface area (Å²) in [5.74, 6) is -0.808. The molecule has 0 aliphatic carbocycles. The summed E-state index contributed by atoms with van der Waals surface area (Å²) in [5.41, 5.74) is 7.97. The molecule has 0 saturated heterocycles. The van der Waals surface area contributed by atoms with Gasteiger partial charge in [-0.05, 0) is 56.2 Å². The minimum Gasteiger partial charge on any atom is -0.399 e. The Morgan fingerprint density at radius 3 is 2.38 bits per heavy atom. The number of anilines is 2. The highest BCUT2D eigenvalue weighted by atomic mass is 19.1. The van der Waals surface area contributed by atoms with Crippen molar-refractivity contribution < 1.29 is 14.0 Å². The monoisotopic (exact) mass is 357 g/mol. The lowest BCUT2D eigenvalue weighted by Crippen LogP contribution is -2.42. The van der Waals surface area contributed by atoms with Gasteiger partial charge in [0.1, 0.15) is 12.4 Å². The third-order valence-corrected chi connectivity index (χ3v) is 4.05. The van der Waals surface area contributed by atoms with Crippen LogP contribution in [0.1, 0.15) is 25.8 Å². The van der Waals surface area contributed by atoms with E-state index < -0.39 is 0 Å². The van der Waals surface area contributed by atoms with Crippen LogP contribution in [0.5, 0.6) is 0 Å². The molecule has 0 heterocycles. The number of nitrogen functional groups attached to an aromatic ring is 1. The molecule has 2 amide bonds. The van der Waals surface area contributed by atoms with E-state index in [0.29, 0.717) is 17.8 Å². The van der Waals surface area contributed by atoms with Crippen LogP contribution in [0, 0.1) is 5.82 Å². The Hall–Kier alpha value is -2.89. The number of para-hydroxylation sites is 1. The van der Waals surface area contributed by atoms with E-state index in [1.807, 2.05) is 32.0 Å². The number of carbonyl (C=O) groups is 2. The van der Waals surface area contributed by atoms with Gasteiger partial charge in [0.25, 0.3) is 0 Å². The predicted molar refractivity (Wildman–Crippen MR) is 101 cm³/mol. The van der Waals surface area contributed by atoms with Gasteiger partial charge in [0.05, 0.1) is 0 Å². The van der Waals surface area contributed by atoms with Gasteiger partial charge in [-0.3, -0.25) is 9.59 Å². The van der Waals surface area contributed by atoms with E-state index in [1.54, 1.807) is 6.07 Å². The molecule has 0 aromatic heterocycles. The fraction of sp³-hybridized carbons (Fsp3) is 0.300. The van der Waals surface area contributed by atoms with E-state index >= 15 is 0 Å². The van der Waals surface area contributed by atoms with Gasteiger partial charge < -0.3 is 16.0 Å². The second-order valence-corrected chi connectivity index (χ2v) is 6.37. The number of amides is 2. The Labute approximate surface area is 153 Å². The van der Waals surface area contributed by atoms with Crippen molar-refractivity contribution in [2.45, 2.75) is 32.7 Å². The van der Waals surface area contributed by atoms with Crippen molar-refractivity contribution in [1.82, 2.24) is 4.90 Å². The van der Waals surface area contributed by atoms with Crippen LogP contribution in [0.4, 0.5) is 15.8 Å². The number of benzene rings is 2. The minimum atomic E-state index is -0.373. The lowest BCUT2D eigenvalue weighted by Gasteiger charge is -2.26. The zero-order valence-electron chi connectivity index (χ0n) is 15.0. The number of rotatable bonds is 7. The van der Waals surface area contributed by atoms with Gasteiger partial charge in [-0.25, -0.2) is 4.39 Å². The number of nitrogens with two attached hydrogens (primary N) is 1. The summed E-state index contributed by atoms with van der Waals surface area (Å²) in [7, 11) is 0. The fourth-order valence-electron chi connectivity index (χ4n) is 2.59. The molecule has 26 heavy (non-hydrogen) atoms. The van der Waals surface area contributed by atoms with Crippen LogP contribution in [0.15, 0.2) is 48.5 Å². The quantitative estimate of drug-likeness (QED) is 0.747. The molecular formula is C20H24FN3O2. The lowest BCUT2D eigenvalue weighted by molar-refractivity contribution is -0.136. The van der Waals surface area contributed by atoms with E-state index in [2.05, 4.69) is 5.32 Å². The van der Waals surface area contributed by atoms with Crippen LogP contribution in [0.25, 0.3) is 0 Å². The Balaban J connectivity index is 1.94. The molecule has 0 bridgehead atoms. The molecular weight excluding hydrogens is 333 g/mol. The van der Waals surface area contributed by atoms with E-state index in [1.165, 1.54) is 29.2 Å². The third-order valence-electron chi connectivity index (χ3n) is 4.05. The largest absolute Gasteiger partial charge is 0.399 e. The zero-order chi connectivity index (χ0) is 19.1. The molecule has 5 nitrogen and oxygen atoms in total. The maximum atomic E-state index is 12.9. The maximum absolute atomic E-state index is 12.9. The van der Waals surface area contributed by atoms with Crippen molar-refractivity contribution >= 4 is 23.2 Å². The van der Waals surface area contributed by atoms with Gasteiger partial charge in [-0.15, -0.1) is 0 Å². The number of nitrogens with one attached hydrogen (secondary N) is 1. The number of halogens is 1. The first-order valence-electron chi connectivity index (χ1n) is 8.55. The second-order valence-electron chi connectivity index (χ2n) is 6.37.